The molecular formula is C16H24FN3O3S. The number of amides is 1. The van der Waals surface area contributed by atoms with Crippen LogP contribution >= 0.6 is 0 Å². The third-order valence-corrected chi connectivity index (χ3v) is 5.64. The van der Waals surface area contributed by atoms with Crippen molar-refractivity contribution in [3.05, 3.63) is 29.6 Å². The summed E-state index contributed by atoms with van der Waals surface area (Å²) in [6, 6.07) is 3.12. The predicted molar refractivity (Wildman–Crippen MR) is 89.9 cm³/mol. The van der Waals surface area contributed by atoms with Gasteiger partial charge in [-0.3, -0.25) is 4.79 Å². The Morgan fingerprint density at radius 2 is 1.88 bits per heavy atom. The molecule has 0 radical (unpaired) electrons. The lowest BCUT2D eigenvalue weighted by Gasteiger charge is -2.34. The number of piperazine rings is 1. The molecule has 0 unspecified atom stereocenters. The zero-order valence-electron chi connectivity index (χ0n) is 14.3. The summed E-state index contributed by atoms with van der Waals surface area (Å²) in [7, 11) is -3.99. The van der Waals surface area contributed by atoms with Crippen LogP contribution < -0.4 is 4.72 Å². The number of sulfonamides is 1. The molecule has 1 saturated heterocycles. The van der Waals surface area contributed by atoms with Crippen molar-refractivity contribution in [2.24, 2.45) is 0 Å². The second-order valence-electron chi connectivity index (χ2n) is 6.15. The van der Waals surface area contributed by atoms with E-state index in [1.807, 2.05) is 0 Å². The predicted octanol–water partition coefficient (Wildman–Crippen LogP) is 1.29. The molecule has 2 rings (SSSR count). The van der Waals surface area contributed by atoms with Gasteiger partial charge in [-0.1, -0.05) is 6.92 Å². The number of rotatable bonds is 5. The van der Waals surface area contributed by atoms with Crippen molar-refractivity contribution in [2.75, 3.05) is 32.7 Å². The maximum atomic E-state index is 14.0. The Morgan fingerprint density at radius 1 is 1.25 bits per heavy atom. The van der Waals surface area contributed by atoms with E-state index >= 15 is 0 Å². The van der Waals surface area contributed by atoms with Crippen LogP contribution in [-0.2, 0) is 10.0 Å². The molecule has 1 amide bonds. The number of carbonyl (C=O) groups excluding carboxylic acids is 1. The van der Waals surface area contributed by atoms with E-state index in [0.717, 1.165) is 31.8 Å². The van der Waals surface area contributed by atoms with Crippen molar-refractivity contribution in [2.45, 2.75) is 31.7 Å². The minimum Gasteiger partial charge on any atom is -0.336 e. The van der Waals surface area contributed by atoms with E-state index in [-0.39, 0.29) is 17.5 Å². The molecular weight excluding hydrogens is 333 g/mol. The van der Waals surface area contributed by atoms with E-state index in [2.05, 4.69) is 16.5 Å². The van der Waals surface area contributed by atoms with E-state index in [1.54, 1.807) is 18.7 Å². The normalized spacial score (nSPS) is 16.6. The molecule has 134 valence electrons. The number of hydrogen-bond acceptors (Lipinski definition) is 4. The highest BCUT2D eigenvalue weighted by Gasteiger charge is 2.25. The highest BCUT2D eigenvalue weighted by atomic mass is 32.2. The molecule has 0 spiro atoms. The summed E-state index contributed by atoms with van der Waals surface area (Å²) in [5.41, 5.74) is 0.186. The molecule has 1 aromatic rings. The summed E-state index contributed by atoms with van der Waals surface area (Å²) in [6.45, 7) is 9.02. The Kier molecular flexibility index (Phi) is 5.95. The van der Waals surface area contributed by atoms with E-state index in [0.29, 0.717) is 13.1 Å². The zero-order valence-corrected chi connectivity index (χ0v) is 15.1. The fourth-order valence-electron chi connectivity index (χ4n) is 2.67. The Balaban J connectivity index is 2.23. The Hall–Kier alpha value is -1.51. The van der Waals surface area contributed by atoms with Gasteiger partial charge in [0.1, 0.15) is 10.7 Å². The highest BCUT2D eigenvalue weighted by molar-refractivity contribution is 7.89. The summed E-state index contributed by atoms with van der Waals surface area (Å²) < 4.78 is 40.7. The van der Waals surface area contributed by atoms with E-state index < -0.39 is 20.7 Å². The summed E-state index contributed by atoms with van der Waals surface area (Å²) in [6.07, 6.45) is 0. The summed E-state index contributed by atoms with van der Waals surface area (Å²) in [4.78, 5) is 16.0. The zero-order chi connectivity index (χ0) is 17.9. The summed E-state index contributed by atoms with van der Waals surface area (Å²) in [5, 5.41) is 0. The molecule has 0 bridgehead atoms. The van der Waals surface area contributed by atoms with Crippen LogP contribution in [0.5, 0.6) is 0 Å². The van der Waals surface area contributed by atoms with Gasteiger partial charge in [0.15, 0.2) is 0 Å². The molecule has 0 saturated carbocycles. The van der Waals surface area contributed by atoms with Crippen LogP contribution in [0.15, 0.2) is 23.1 Å². The van der Waals surface area contributed by atoms with Crippen molar-refractivity contribution in [1.29, 1.82) is 0 Å². The summed E-state index contributed by atoms with van der Waals surface area (Å²) >= 11 is 0. The van der Waals surface area contributed by atoms with Crippen LogP contribution in [0.1, 0.15) is 31.1 Å². The minimum atomic E-state index is -3.99. The third-order valence-electron chi connectivity index (χ3n) is 3.97. The second-order valence-corrected chi connectivity index (χ2v) is 7.83. The monoisotopic (exact) mass is 357 g/mol. The first kappa shape index (κ1) is 18.8. The highest BCUT2D eigenvalue weighted by Crippen LogP contribution is 2.18. The quantitative estimate of drug-likeness (QED) is 0.862. The van der Waals surface area contributed by atoms with Crippen LogP contribution in [0.2, 0.25) is 0 Å². The minimum absolute atomic E-state index is 0.186. The molecule has 6 nitrogen and oxygen atoms in total. The molecule has 1 aliphatic heterocycles. The number of carbonyl (C=O) groups is 1. The smallest absolute Gasteiger partial charge is 0.253 e. The Labute approximate surface area is 142 Å². The van der Waals surface area contributed by atoms with Crippen molar-refractivity contribution < 1.29 is 17.6 Å². The SMILES string of the molecule is CCN1CCN(C(=O)c2ccc(F)c(S(=O)(=O)NC(C)C)c2)CC1. The molecule has 0 aromatic heterocycles. The fourth-order valence-corrected chi connectivity index (χ4v) is 4.02. The van der Waals surface area contributed by atoms with Gasteiger partial charge in [0.25, 0.3) is 5.91 Å². The molecule has 1 aliphatic rings. The lowest BCUT2D eigenvalue weighted by molar-refractivity contribution is 0.0643. The van der Waals surface area contributed by atoms with Crippen LogP contribution in [-0.4, -0.2) is 62.9 Å². The van der Waals surface area contributed by atoms with Crippen molar-refractivity contribution in [1.82, 2.24) is 14.5 Å². The molecule has 8 heteroatoms. The molecule has 1 fully saturated rings. The van der Waals surface area contributed by atoms with Gasteiger partial charge >= 0.3 is 0 Å². The van der Waals surface area contributed by atoms with Gasteiger partial charge in [-0.25, -0.2) is 17.5 Å². The topological polar surface area (TPSA) is 69.7 Å². The van der Waals surface area contributed by atoms with Gasteiger partial charge in [0, 0.05) is 37.8 Å². The average Bonchev–Trinajstić information content (AvgIpc) is 2.53. The molecule has 1 N–H and O–H groups in total. The van der Waals surface area contributed by atoms with Gasteiger partial charge in [-0.15, -0.1) is 0 Å². The average molecular weight is 357 g/mol. The molecule has 0 aliphatic carbocycles. The standard InChI is InChI=1S/C16H24FN3O3S/c1-4-19-7-9-20(10-8-19)16(21)13-5-6-14(17)15(11-13)24(22,23)18-12(2)3/h5-6,11-12,18H,4,7-10H2,1-3H3. The van der Waals surface area contributed by atoms with Crippen LogP contribution in [0, 0.1) is 5.82 Å². The number of likely N-dealkylation sites (N-methyl/N-ethyl adjacent to an activating group) is 1. The second kappa shape index (κ2) is 7.58. The maximum absolute atomic E-state index is 14.0. The number of hydrogen-bond donors (Lipinski definition) is 1. The number of halogens is 1. The van der Waals surface area contributed by atoms with Crippen LogP contribution in [0.3, 0.4) is 0 Å². The fraction of sp³-hybridized carbons (Fsp3) is 0.562. The van der Waals surface area contributed by atoms with E-state index in [1.165, 1.54) is 6.07 Å². The van der Waals surface area contributed by atoms with Crippen LogP contribution in [0.25, 0.3) is 0 Å². The Bertz CT molecular complexity index is 699. The molecule has 1 aromatic carbocycles. The number of nitrogens with one attached hydrogen (secondary N) is 1. The van der Waals surface area contributed by atoms with E-state index in [4.69, 9.17) is 0 Å². The van der Waals surface area contributed by atoms with Gasteiger partial charge < -0.3 is 9.80 Å². The lowest BCUT2D eigenvalue weighted by Crippen LogP contribution is -2.48. The van der Waals surface area contributed by atoms with E-state index in [9.17, 15) is 17.6 Å². The summed E-state index contributed by atoms with van der Waals surface area (Å²) in [5.74, 6) is -1.14. The molecule has 0 atom stereocenters. The number of nitrogens with zero attached hydrogens (tertiary/aromatic N) is 2. The van der Waals surface area contributed by atoms with Gasteiger partial charge in [-0.2, -0.15) is 0 Å². The first-order chi connectivity index (χ1) is 11.2. The first-order valence-electron chi connectivity index (χ1n) is 8.08. The molecule has 24 heavy (non-hydrogen) atoms. The van der Waals surface area contributed by atoms with Gasteiger partial charge in [0.05, 0.1) is 0 Å². The Morgan fingerprint density at radius 3 is 2.42 bits per heavy atom. The van der Waals surface area contributed by atoms with Gasteiger partial charge in [-0.05, 0) is 38.6 Å². The molecule has 1 heterocycles. The lowest BCUT2D eigenvalue weighted by atomic mass is 10.1. The van der Waals surface area contributed by atoms with Crippen molar-refractivity contribution in [3.63, 3.8) is 0 Å². The van der Waals surface area contributed by atoms with Crippen molar-refractivity contribution >= 4 is 15.9 Å². The maximum Gasteiger partial charge on any atom is 0.253 e. The van der Waals surface area contributed by atoms with Gasteiger partial charge in [0.2, 0.25) is 10.0 Å². The van der Waals surface area contributed by atoms with Crippen LogP contribution in [0.4, 0.5) is 4.39 Å². The largest absolute Gasteiger partial charge is 0.336 e. The first-order valence-corrected chi connectivity index (χ1v) is 9.56. The third kappa shape index (κ3) is 4.31. The number of benzene rings is 1. The van der Waals surface area contributed by atoms with Crippen molar-refractivity contribution in [3.8, 4) is 0 Å².